The Morgan fingerprint density at radius 2 is 1.82 bits per heavy atom. The number of pyridine rings is 1. The number of para-hydroxylation sites is 1. The number of anilines is 1. The summed E-state index contributed by atoms with van der Waals surface area (Å²) in [5.74, 6) is -0.248. The number of benzene rings is 2. The molecule has 1 atom stereocenters. The predicted molar refractivity (Wildman–Crippen MR) is 88.5 cm³/mol. The molecule has 0 radical (unpaired) electrons. The fourth-order valence-electron chi connectivity index (χ4n) is 2.34. The van der Waals surface area contributed by atoms with Crippen LogP contribution in [0.5, 0.6) is 0 Å². The molecule has 1 heterocycles. The van der Waals surface area contributed by atoms with E-state index in [1.54, 1.807) is 6.20 Å². The van der Waals surface area contributed by atoms with Crippen molar-refractivity contribution in [3.63, 3.8) is 0 Å². The molecule has 1 aromatic heterocycles. The Hall–Kier alpha value is -2.72. The number of nitrogens with zero attached hydrogens (tertiary/aromatic N) is 1. The van der Waals surface area contributed by atoms with Gasteiger partial charge in [0, 0.05) is 11.6 Å². The average Bonchev–Trinajstić information content (AvgIpc) is 2.55. The van der Waals surface area contributed by atoms with Gasteiger partial charge in [0.05, 0.1) is 11.2 Å². The molecule has 1 unspecified atom stereocenters. The van der Waals surface area contributed by atoms with E-state index in [9.17, 15) is 4.79 Å². The maximum atomic E-state index is 12.4. The summed E-state index contributed by atoms with van der Waals surface area (Å²) in [6.45, 7) is 2.00. The van der Waals surface area contributed by atoms with Crippen LogP contribution in [-0.2, 0) is 4.79 Å². The molecular formula is C18H17N3O. The van der Waals surface area contributed by atoms with Crippen LogP contribution in [0.15, 0.2) is 60.8 Å². The zero-order valence-electron chi connectivity index (χ0n) is 12.3. The first kappa shape index (κ1) is 14.2. The topological polar surface area (TPSA) is 68.0 Å². The van der Waals surface area contributed by atoms with Gasteiger partial charge in [-0.1, -0.05) is 48.0 Å². The van der Waals surface area contributed by atoms with Gasteiger partial charge in [0.2, 0.25) is 5.91 Å². The van der Waals surface area contributed by atoms with Gasteiger partial charge in [-0.3, -0.25) is 9.78 Å². The molecule has 3 aromatic rings. The number of aryl methyl sites for hydroxylation is 1. The molecule has 2 aromatic carbocycles. The molecule has 4 nitrogen and oxygen atoms in total. The number of nitrogens with two attached hydrogens (primary N) is 1. The summed E-state index contributed by atoms with van der Waals surface area (Å²) < 4.78 is 0. The maximum Gasteiger partial charge on any atom is 0.245 e. The molecule has 0 bridgehead atoms. The van der Waals surface area contributed by atoms with Crippen molar-refractivity contribution in [1.82, 2.24) is 4.98 Å². The summed E-state index contributed by atoms with van der Waals surface area (Å²) in [6, 6.07) is 16.4. The fourth-order valence-corrected chi connectivity index (χ4v) is 2.34. The highest BCUT2D eigenvalue weighted by molar-refractivity contribution is 6.02. The minimum atomic E-state index is -0.709. The van der Waals surface area contributed by atoms with Gasteiger partial charge in [-0.2, -0.15) is 0 Å². The van der Waals surface area contributed by atoms with Crippen LogP contribution in [0, 0.1) is 6.92 Å². The summed E-state index contributed by atoms with van der Waals surface area (Å²) in [6.07, 6.45) is 1.71. The van der Waals surface area contributed by atoms with Gasteiger partial charge >= 0.3 is 0 Å². The SMILES string of the molecule is Cc1ccc(C(N)C(=O)Nc2cccc3cccnc23)cc1. The molecule has 0 fully saturated rings. The van der Waals surface area contributed by atoms with Gasteiger partial charge in [0.1, 0.15) is 6.04 Å². The van der Waals surface area contributed by atoms with Crippen molar-refractivity contribution in [2.45, 2.75) is 13.0 Å². The van der Waals surface area contributed by atoms with Crippen LogP contribution in [0.1, 0.15) is 17.2 Å². The zero-order valence-corrected chi connectivity index (χ0v) is 12.3. The molecule has 3 rings (SSSR count). The van der Waals surface area contributed by atoms with Crippen molar-refractivity contribution in [3.8, 4) is 0 Å². The Morgan fingerprint density at radius 3 is 2.59 bits per heavy atom. The third kappa shape index (κ3) is 2.82. The predicted octanol–water partition coefficient (Wildman–Crippen LogP) is 3.18. The van der Waals surface area contributed by atoms with Crippen molar-refractivity contribution in [2.24, 2.45) is 5.73 Å². The normalized spacial score (nSPS) is 12.1. The Kier molecular flexibility index (Phi) is 3.85. The van der Waals surface area contributed by atoms with Gasteiger partial charge in [-0.25, -0.2) is 0 Å². The number of aromatic nitrogens is 1. The van der Waals surface area contributed by atoms with E-state index in [1.807, 2.05) is 61.5 Å². The third-order valence-electron chi connectivity index (χ3n) is 3.61. The van der Waals surface area contributed by atoms with Gasteiger partial charge in [0.25, 0.3) is 0 Å². The lowest BCUT2D eigenvalue weighted by Crippen LogP contribution is -2.27. The van der Waals surface area contributed by atoms with Gasteiger partial charge in [-0.15, -0.1) is 0 Å². The lowest BCUT2D eigenvalue weighted by Gasteiger charge is -2.14. The van der Waals surface area contributed by atoms with Crippen molar-refractivity contribution >= 4 is 22.5 Å². The molecule has 0 aliphatic rings. The number of carbonyl (C=O) groups excluding carboxylic acids is 1. The third-order valence-corrected chi connectivity index (χ3v) is 3.61. The highest BCUT2D eigenvalue weighted by Gasteiger charge is 2.16. The van der Waals surface area contributed by atoms with Crippen LogP contribution in [0.3, 0.4) is 0 Å². The van der Waals surface area contributed by atoms with Gasteiger partial charge in [0.15, 0.2) is 0 Å². The van der Waals surface area contributed by atoms with Crippen molar-refractivity contribution in [2.75, 3.05) is 5.32 Å². The first-order valence-electron chi connectivity index (χ1n) is 7.12. The summed E-state index contributed by atoms with van der Waals surface area (Å²) >= 11 is 0. The second-order valence-electron chi connectivity index (χ2n) is 5.26. The summed E-state index contributed by atoms with van der Waals surface area (Å²) in [5.41, 5.74) is 9.40. The fraction of sp³-hybridized carbons (Fsp3) is 0.111. The Morgan fingerprint density at radius 1 is 1.09 bits per heavy atom. The van der Waals surface area contributed by atoms with E-state index < -0.39 is 6.04 Å². The molecule has 22 heavy (non-hydrogen) atoms. The summed E-state index contributed by atoms with van der Waals surface area (Å²) in [5, 5.41) is 3.85. The summed E-state index contributed by atoms with van der Waals surface area (Å²) in [4.78, 5) is 16.7. The molecule has 1 amide bonds. The number of fused-ring (bicyclic) bond motifs is 1. The van der Waals surface area contributed by atoms with E-state index in [2.05, 4.69) is 10.3 Å². The molecule has 4 heteroatoms. The standard InChI is InChI=1S/C18H17N3O/c1-12-7-9-13(10-8-12)16(19)18(22)21-15-6-2-4-14-5-3-11-20-17(14)15/h2-11,16H,19H2,1H3,(H,21,22). The minimum absolute atomic E-state index is 0.248. The van der Waals surface area contributed by atoms with Crippen LogP contribution in [0.4, 0.5) is 5.69 Å². The lowest BCUT2D eigenvalue weighted by atomic mass is 10.1. The zero-order chi connectivity index (χ0) is 15.5. The Balaban J connectivity index is 1.85. The van der Waals surface area contributed by atoms with Crippen LogP contribution in [-0.4, -0.2) is 10.9 Å². The number of nitrogens with one attached hydrogen (secondary N) is 1. The molecule has 0 spiro atoms. The van der Waals surface area contributed by atoms with E-state index in [-0.39, 0.29) is 5.91 Å². The molecule has 0 aliphatic heterocycles. The second-order valence-corrected chi connectivity index (χ2v) is 5.26. The number of hydrogen-bond acceptors (Lipinski definition) is 3. The smallest absolute Gasteiger partial charge is 0.245 e. The number of rotatable bonds is 3. The largest absolute Gasteiger partial charge is 0.323 e. The van der Waals surface area contributed by atoms with E-state index in [0.717, 1.165) is 22.0 Å². The number of amides is 1. The average molecular weight is 291 g/mol. The van der Waals surface area contributed by atoms with E-state index in [4.69, 9.17) is 5.73 Å². The van der Waals surface area contributed by atoms with Crippen LogP contribution < -0.4 is 11.1 Å². The first-order valence-corrected chi connectivity index (χ1v) is 7.12. The van der Waals surface area contributed by atoms with Crippen molar-refractivity contribution < 1.29 is 4.79 Å². The van der Waals surface area contributed by atoms with Crippen molar-refractivity contribution in [1.29, 1.82) is 0 Å². The first-order chi connectivity index (χ1) is 10.6. The van der Waals surface area contributed by atoms with Crippen LogP contribution in [0.25, 0.3) is 10.9 Å². The quantitative estimate of drug-likeness (QED) is 0.778. The monoisotopic (exact) mass is 291 g/mol. The number of carbonyl (C=O) groups is 1. The Labute approximate surface area is 129 Å². The summed E-state index contributed by atoms with van der Waals surface area (Å²) in [7, 11) is 0. The molecular weight excluding hydrogens is 274 g/mol. The maximum absolute atomic E-state index is 12.4. The molecule has 0 saturated carbocycles. The highest BCUT2D eigenvalue weighted by atomic mass is 16.2. The lowest BCUT2D eigenvalue weighted by molar-refractivity contribution is -0.117. The molecule has 3 N–H and O–H groups in total. The van der Waals surface area contributed by atoms with Crippen LogP contribution >= 0.6 is 0 Å². The van der Waals surface area contributed by atoms with E-state index >= 15 is 0 Å². The second kappa shape index (κ2) is 5.95. The molecule has 0 aliphatic carbocycles. The van der Waals surface area contributed by atoms with E-state index in [1.165, 1.54) is 0 Å². The Bertz CT molecular complexity index is 807. The van der Waals surface area contributed by atoms with Gasteiger partial charge in [-0.05, 0) is 24.6 Å². The van der Waals surface area contributed by atoms with Gasteiger partial charge < -0.3 is 11.1 Å². The molecule has 0 saturated heterocycles. The van der Waals surface area contributed by atoms with Crippen molar-refractivity contribution in [3.05, 3.63) is 71.9 Å². The van der Waals surface area contributed by atoms with Crippen LogP contribution in [0.2, 0.25) is 0 Å². The van der Waals surface area contributed by atoms with E-state index in [0.29, 0.717) is 5.69 Å². The number of hydrogen-bond donors (Lipinski definition) is 2. The minimum Gasteiger partial charge on any atom is -0.323 e. The highest BCUT2D eigenvalue weighted by Crippen LogP contribution is 2.22. The molecule has 110 valence electrons.